The summed E-state index contributed by atoms with van der Waals surface area (Å²) in [5, 5.41) is 23.2. The highest BCUT2D eigenvalue weighted by Crippen LogP contribution is 2.47. The average Bonchev–Trinajstić information content (AvgIpc) is 3.05. The zero-order valence-corrected chi connectivity index (χ0v) is 16.5. The number of hydrogen-bond donors (Lipinski definition) is 3. The molecular weight excluding hydrogens is 346 g/mol. The van der Waals surface area contributed by atoms with Crippen LogP contribution in [0.25, 0.3) is 11.1 Å². The number of methoxy groups -OCH3 is 3. The lowest BCUT2D eigenvalue weighted by atomic mass is 9.95. The van der Waals surface area contributed by atoms with Crippen molar-refractivity contribution in [2.75, 3.05) is 27.9 Å². The number of aliphatic hydroxyl groups is 1. The van der Waals surface area contributed by atoms with Gasteiger partial charge in [-0.15, -0.1) is 0 Å². The van der Waals surface area contributed by atoms with Crippen LogP contribution >= 0.6 is 0 Å². The van der Waals surface area contributed by atoms with Crippen LogP contribution in [0.5, 0.6) is 17.2 Å². The molecule has 27 heavy (non-hydrogen) atoms. The Morgan fingerprint density at radius 1 is 1.19 bits per heavy atom. The topological polar surface area (TPSA) is 99.5 Å². The van der Waals surface area contributed by atoms with Gasteiger partial charge in [0.15, 0.2) is 11.5 Å². The molecule has 3 N–H and O–H groups in total. The molecule has 7 nitrogen and oxygen atoms in total. The summed E-state index contributed by atoms with van der Waals surface area (Å²) in [6.07, 6.45) is 0.160. The third-order valence-corrected chi connectivity index (χ3v) is 4.35. The summed E-state index contributed by atoms with van der Waals surface area (Å²) in [5.74, 6) is 1.48. The second-order valence-electron chi connectivity index (χ2n) is 6.11. The molecule has 0 radical (unpaired) electrons. The van der Waals surface area contributed by atoms with E-state index in [1.54, 1.807) is 34.3 Å². The molecule has 0 aliphatic carbocycles. The van der Waals surface area contributed by atoms with Gasteiger partial charge in [-0.3, -0.25) is 0 Å². The van der Waals surface area contributed by atoms with Gasteiger partial charge < -0.3 is 29.6 Å². The number of aromatic nitrogens is 1. The van der Waals surface area contributed by atoms with Crippen LogP contribution in [0.4, 0.5) is 0 Å². The number of benzene rings is 1. The third kappa shape index (κ3) is 4.02. The van der Waals surface area contributed by atoms with Gasteiger partial charge in [0.05, 0.1) is 27.4 Å². The normalized spacial score (nSPS) is 11.7. The molecule has 0 saturated carbocycles. The lowest BCUT2D eigenvalue weighted by Crippen LogP contribution is -2.14. The minimum Gasteiger partial charge on any atom is -0.493 e. The number of nitriles is 1. The van der Waals surface area contributed by atoms with E-state index in [0.29, 0.717) is 35.1 Å². The van der Waals surface area contributed by atoms with Crippen molar-refractivity contribution in [2.45, 2.75) is 32.9 Å². The number of hydrogen-bond acceptors (Lipinski definition) is 6. The van der Waals surface area contributed by atoms with Crippen LogP contribution in [0.3, 0.4) is 0 Å². The molecule has 1 aromatic carbocycles. The molecule has 1 heterocycles. The number of aliphatic hydroxyl groups excluding tert-OH is 1. The molecule has 0 spiro atoms. The number of nitrogens with one attached hydrogen (secondary N) is 2. The summed E-state index contributed by atoms with van der Waals surface area (Å²) in [5.41, 5.74) is 3.14. The Kier molecular flexibility index (Phi) is 7.11. The zero-order valence-electron chi connectivity index (χ0n) is 16.5. The van der Waals surface area contributed by atoms with Gasteiger partial charge in [0, 0.05) is 28.9 Å². The van der Waals surface area contributed by atoms with Crippen molar-refractivity contribution in [3.8, 4) is 34.4 Å². The van der Waals surface area contributed by atoms with Gasteiger partial charge in [-0.1, -0.05) is 6.92 Å². The number of aromatic amines is 1. The summed E-state index contributed by atoms with van der Waals surface area (Å²) in [7, 11) is 4.65. The smallest absolute Gasteiger partial charge is 0.203 e. The standard InChI is InChI=1S/C20H27N3O4/c1-6-9-22-11-15-18(17(12(2)24)14(10-21)23-15)13-7-8-16(25-3)20(27-5)19(13)26-4/h7-8,12,22-24H,6,9,11H2,1-5H3. The van der Waals surface area contributed by atoms with E-state index in [0.717, 1.165) is 29.8 Å². The van der Waals surface area contributed by atoms with E-state index < -0.39 is 6.10 Å². The first-order valence-corrected chi connectivity index (χ1v) is 8.86. The van der Waals surface area contributed by atoms with Crippen molar-refractivity contribution in [3.63, 3.8) is 0 Å². The molecule has 0 amide bonds. The Morgan fingerprint density at radius 3 is 2.41 bits per heavy atom. The Morgan fingerprint density at radius 2 is 1.89 bits per heavy atom. The van der Waals surface area contributed by atoms with Crippen molar-refractivity contribution >= 4 is 0 Å². The fourth-order valence-electron chi connectivity index (χ4n) is 3.20. The summed E-state index contributed by atoms with van der Waals surface area (Å²) in [6, 6.07) is 5.78. The predicted molar refractivity (Wildman–Crippen MR) is 103 cm³/mol. The maximum atomic E-state index is 10.4. The highest BCUT2D eigenvalue weighted by Gasteiger charge is 2.26. The summed E-state index contributed by atoms with van der Waals surface area (Å²) < 4.78 is 16.5. The lowest BCUT2D eigenvalue weighted by molar-refractivity contribution is 0.199. The summed E-state index contributed by atoms with van der Waals surface area (Å²) >= 11 is 0. The molecular formula is C20H27N3O4. The molecule has 0 saturated heterocycles. The minimum absolute atomic E-state index is 0.338. The SMILES string of the molecule is CCCNCc1[nH]c(C#N)c(C(C)O)c1-c1ccc(OC)c(OC)c1OC. The van der Waals surface area contributed by atoms with Crippen molar-refractivity contribution < 1.29 is 19.3 Å². The van der Waals surface area contributed by atoms with Gasteiger partial charge in [0.25, 0.3) is 0 Å². The maximum Gasteiger partial charge on any atom is 0.203 e. The van der Waals surface area contributed by atoms with E-state index in [2.05, 4.69) is 23.3 Å². The van der Waals surface area contributed by atoms with E-state index in [1.165, 1.54) is 0 Å². The fraction of sp³-hybridized carbons (Fsp3) is 0.450. The number of ether oxygens (including phenoxy) is 3. The first-order chi connectivity index (χ1) is 13.0. The monoisotopic (exact) mass is 373 g/mol. The number of nitrogens with zero attached hydrogens (tertiary/aromatic N) is 1. The van der Waals surface area contributed by atoms with Gasteiger partial charge in [-0.2, -0.15) is 5.26 Å². The van der Waals surface area contributed by atoms with E-state index >= 15 is 0 Å². The fourth-order valence-corrected chi connectivity index (χ4v) is 3.20. The van der Waals surface area contributed by atoms with Crippen LogP contribution in [0.15, 0.2) is 12.1 Å². The first kappa shape index (κ1) is 20.6. The van der Waals surface area contributed by atoms with Crippen LogP contribution in [0.1, 0.15) is 43.3 Å². The highest BCUT2D eigenvalue weighted by molar-refractivity contribution is 5.82. The van der Waals surface area contributed by atoms with E-state index in [-0.39, 0.29) is 0 Å². The van der Waals surface area contributed by atoms with Crippen molar-refractivity contribution in [3.05, 3.63) is 29.1 Å². The molecule has 0 bridgehead atoms. The molecule has 2 aromatic rings. The molecule has 146 valence electrons. The quantitative estimate of drug-likeness (QED) is 0.584. The molecule has 7 heteroatoms. The highest BCUT2D eigenvalue weighted by atomic mass is 16.5. The minimum atomic E-state index is -0.830. The Bertz CT molecular complexity index is 822. The van der Waals surface area contributed by atoms with Gasteiger partial charge in [-0.05, 0) is 32.0 Å². The van der Waals surface area contributed by atoms with Crippen LogP contribution in [-0.2, 0) is 6.54 Å². The Hall–Kier alpha value is -2.69. The Labute approximate surface area is 159 Å². The van der Waals surface area contributed by atoms with E-state index in [1.807, 2.05) is 6.07 Å². The van der Waals surface area contributed by atoms with Crippen molar-refractivity contribution in [2.24, 2.45) is 0 Å². The zero-order chi connectivity index (χ0) is 20.0. The third-order valence-electron chi connectivity index (χ3n) is 4.35. The van der Waals surface area contributed by atoms with Crippen molar-refractivity contribution in [1.29, 1.82) is 5.26 Å². The molecule has 1 aromatic heterocycles. The maximum absolute atomic E-state index is 10.4. The van der Waals surface area contributed by atoms with Crippen molar-refractivity contribution in [1.82, 2.24) is 10.3 Å². The molecule has 1 atom stereocenters. The molecule has 0 aliphatic heterocycles. The van der Waals surface area contributed by atoms with E-state index in [9.17, 15) is 10.4 Å². The van der Waals surface area contributed by atoms with Crippen LogP contribution in [0.2, 0.25) is 0 Å². The average molecular weight is 373 g/mol. The first-order valence-electron chi connectivity index (χ1n) is 8.86. The Balaban J connectivity index is 2.76. The van der Waals surface area contributed by atoms with Gasteiger partial charge in [0.1, 0.15) is 11.8 Å². The summed E-state index contributed by atoms with van der Waals surface area (Å²) in [6.45, 7) is 5.10. The molecule has 1 unspecified atom stereocenters. The van der Waals surface area contributed by atoms with Crippen LogP contribution < -0.4 is 19.5 Å². The largest absolute Gasteiger partial charge is 0.493 e. The molecule has 2 rings (SSSR count). The van der Waals surface area contributed by atoms with Crippen LogP contribution in [0, 0.1) is 11.3 Å². The van der Waals surface area contributed by atoms with Gasteiger partial charge in [0.2, 0.25) is 5.75 Å². The van der Waals surface area contributed by atoms with Gasteiger partial charge in [-0.25, -0.2) is 0 Å². The van der Waals surface area contributed by atoms with Gasteiger partial charge >= 0.3 is 0 Å². The van der Waals surface area contributed by atoms with Crippen LogP contribution in [-0.4, -0.2) is 38.0 Å². The lowest BCUT2D eigenvalue weighted by Gasteiger charge is -2.18. The summed E-state index contributed by atoms with van der Waals surface area (Å²) in [4.78, 5) is 3.14. The second-order valence-corrected chi connectivity index (χ2v) is 6.11. The van der Waals surface area contributed by atoms with E-state index in [4.69, 9.17) is 14.2 Å². The predicted octanol–water partition coefficient (Wildman–Crippen LogP) is 3.13. The molecule has 0 fully saturated rings. The number of H-pyrrole nitrogens is 1. The molecule has 0 aliphatic rings. The second kappa shape index (κ2) is 9.31. The number of rotatable bonds is 9.